The molecule has 1 aliphatic heterocycles. The van der Waals surface area contributed by atoms with Crippen molar-refractivity contribution in [3.63, 3.8) is 0 Å². The number of fused-ring (bicyclic) bond motifs is 12. The summed E-state index contributed by atoms with van der Waals surface area (Å²) in [4.78, 5) is 10.5. The molecule has 3 aromatic heterocycles. The number of thiophene rings is 1. The zero-order valence-electron chi connectivity index (χ0n) is 22.4. The topological polar surface area (TPSA) is 30.7 Å². The molecule has 0 atom stereocenters. The lowest BCUT2D eigenvalue weighted by atomic mass is 9.96. The number of rotatable bonds is 1. The molecule has 0 saturated heterocycles. The van der Waals surface area contributed by atoms with E-state index in [1.54, 1.807) is 0 Å². The Kier molecular flexibility index (Phi) is 4.33. The Morgan fingerprint density at radius 3 is 2.10 bits per heavy atom. The van der Waals surface area contributed by atoms with E-state index >= 15 is 0 Å². The SMILES string of the molecule is c1ccc2c(c1)-c1nc3ccccc3nc1-n1c3cc(-c4ccc5sc6ccccc6c5c4)ccc3c3cccc-2c31. The first kappa shape index (κ1) is 22.4. The predicted molar refractivity (Wildman–Crippen MR) is 177 cm³/mol. The van der Waals surface area contributed by atoms with Crippen molar-refractivity contribution >= 4 is 64.3 Å². The molecular formula is C38H21N3S. The van der Waals surface area contributed by atoms with Gasteiger partial charge in [-0.3, -0.25) is 4.57 Å². The van der Waals surface area contributed by atoms with Crippen LogP contribution in [0.2, 0.25) is 0 Å². The van der Waals surface area contributed by atoms with E-state index in [4.69, 9.17) is 9.97 Å². The van der Waals surface area contributed by atoms with Gasteiger partial charge in [0, 0.05) is 42.1 Å². The molecule has 9 aromatic rings. The van der Waals surface area contributed by atoms with E-state index < -0.39 is 0 Å². The molecule has 4 heteroatoms. The lowest BCUT2D eigenvalue weighted by Crippen LogP contribution is -2.02. The maximum Gasteiger partial charge on any atom is 0.165 e. The van der Waals surface area contributed by atoms with Gasteiger partial charge in [-0.2, -0.15) is 0 Å². The molecule has 0 bridgehead atoms. The van der Waals surface area contributed by atoms with Gasteiger partial charge in [0.25, 0.3) is 0 Å². The highest BCUT2D eigenvalue weighted by Gasteiger charge is 2.26. The van der Waals surface area contributed by atoms with Crippen molar-refractivity contribution in [1.82, 2.24) is 14.5 Å². The summed E-state index contributed by atoms with van der Waals surface area (Å²) >= 11 is 1.86. The van der Waals surface area contributed by atoms with Gasteiger partial charge in [0.15, 0.2) is 5.82 Å². The number of nitrogens with zero attached hydrogens (tertiary/aromatic N) is 3. The molecule has 0 fully saturated rings. The second-order valence-electron chi connectivity index (χ2n) is 11.0. The molecule has 0 unspecified atom stereocenters. The molecule has 10 rings (SSSR count). The van der Waals surface area contributed by atoms with Crippen LogP contribution in [0.4, 0.5) is 0 Å². The zero-order valence-corrected chi connectivity index (χ0v) is 23.2. The third-order valence-electron chi connectivity index (χ3n) is 8.73. The van der Waals surface area contributed by atoms with Gasteiger partial charge in [-0.05, 0) is 53.1 Å². The van der Waals surface area contributed by atoms with Crippen LogP contribution >= 0.6 is 11.3 Å². The van der Waals surface area contributed by atoms with Gasteiger partial charge < -0.3 is 0 Å². The van der Waals surface area contributed by atoms with Crippen LogP contribution in [0.25, 0.3) is 92.3 Å². The van der Waals surface area contributed by atoms with Gasteiger partial charge in [0.2, 0.25) is 0 Å². The van der Waals surface area contributed by atoms with Crippen LogP contribution in [0.3, 0.4) is 0 Å². The molecule has 0 amide bonds. The monoisotopic (exact) mass is 551 g/mol. The largest absolute Gasteiger partial charge is 0.291 e. The van der Waals surface area contributed by atoms with Gasteiger partial charge in [0.1, 0.15) is 5.69 Å². The van der Waals surface area contributed by atoms with E-state index in [0.29, 0.717) is 0 Å². The van der Waals surface area contributed by atoms with E-state index in [-0.39, 0.29) is 0 Å². The van der Waals surface area contributed by atoms with Crippen molar-refractivity contribution in [3.05, 3.63) is 127 Å². The number of hydrogen-bond acceptors (Lipinski definition) is 3. The third kappa shape index (κ3) is 2.94. The number of benzene rings is 6. The van der Waals surface area contributed by atoms with Crippen molar-refractivity contribution in [3.8, 4) is 39.3 Å². The predicted octanol–water partition coefficient (Wildman–Crippen LogP) is 10.4. The van der Waals surface area contributed by atoms with Crippen LogP contribution in [-0.4, -0.2) is 14.5 Å². The van der Waals surface area contributed by atoms with Crippen LogP contribution in [-0.2, 0) is 0 Å². The average molecular weight is 552 g/mol. The van der Waals surface area contributed by atoms with Gasteiger partial charge in [0.05, 0.1) is 22.1 Å². The minimum absolute atomic E-state index is 0.877. The van der Waals surface area contributed by atoms with Crippen molar-refractivity contribution in [2.75, 3.05) is 0 Å². The van der Waals surface area contributed by atoms with Crippen molar-refractivity contribution in [2.24, 2.45) is 0 Å². The highest BCUT2D eigenvalue weighted by atomic mass is 32.1. The Labute approximate surface area is 245 Å². The van der Waals surface area contributed by atoms with Crippen LogP contribution in [0, 0.1) is 0 Å². The normalized spacial score (nSPS) is 12.3. The summed E-state index contributed by atoms with van der Waals surface area (Å²) in [7, 11) is 0. The molecule has 0 N–H and O–H groups in total. The van der Waals surface area contributed by atoms with Crippen LogP contribution < -0.4 is 0 Å². The fraction of sp³-hybridized carbons (Fsp3) is 0. The van der Waals surface area contributed by atoms with Gasteiger partial charge >= 0.3 is 0 Å². The highest BCUT2D eigenvalue weighted by molar-refractivity contribution is 7.25. The summed E-state index contributed by atoms with van der Waals surface area (Å²) in [5.41, 5.74) is 10.9. The van der Waals surface area contributed by atoms with Crippen LogP contribution in [0.5, 0.6) is 0 Å². The lowest BCUT2D eigenvalue weighted by molar-refractivity contribution is 1.09. The van der Waals surface area contributed by atoms with E-state index in [0.717, 1.165) is 33.6 Å². The summed E-state index contributed by atoms with van der Waals surface area (Å²) in [6, 6.07) is 45.9. The first-order valence-electron chi connectivity index (χ1n) is 14.2. The molecule has 42 heavy (non-hydrogen) atoms. The third-order valence-corrected chi connectivity index (χ3v) is 9.89. The molecule has 0 saturated carbocycles. The minimum Gasteiger partial charge on any atom is -0.291 e. The maximum absolute atomic E-state index is 5.29. The summed E-state index contributed by atoms with van der Waals surface area (Å²) in [5, 5.41) is 5.08. The quantitative estimate of drug-likeness (QED) is 0.203. The number of para-hydroxylation sites is 3. The molecule has 0 radical (unpaired) electrons. The summed E-state index contributed by atoms with van der Waals surface area (Å²) in [5.74, 6) is 0.877. The molecule has 194 valence electrons. The van der Waals surface area contributed by atoms with E-state index in [2.05, 4.69) is 120 Å². The highest BCUT2D eigenvalue weighted by Crippen LogP contribution is 2.46. The summed E-state index contributed by atoms with van der Waals surface area (Å²) < 4.78 is 5.00. The first-order valence-corrected chi connectivity index (χ1v) is 15.0. The molecule has 6 aromatic carbocycles. The Morgan fingerprint density at radius 2 is 1.17 bits per heavy atom. The molecule has 0 spiro atoms. The fourth-order valence-electron chi connectivity index (χ4n) is 6.84. The lowest BCUT2D eigenvalue weighted by Gasteiger charge is -2.12. The second-order valence-corrected chi connectivity index (χ2v) is 12.1. The van der Waals surface area contributed by atoms with Crippen LogP contribution in [0.15, 0.2) is 127 Å². The molecule has 1 aliphatic rings. The van der Waals surface area contributed by atoms with E-state index in [9.17, 15) is 0 Å². The summed E-state index contributed by atoms with van der Waals surface area (Å²) in [6.45, 7) is 0. The summed E-state index contributed by atoms with van der Waals surface area (Å²) in [6.07, 6.45) is 0. The number of aromatic nitrogens is 3. The number of hydrogen-bond donors (Lipinski definition) is 0. The average Bonchev–Trinajstić information content (AvgIpc) is 3.55. The first-order chi connectivity index (χ1) is 20.8. The van der Waals surface area contributed by atoms with Gasteiger partial charge in [-0.15, -0.1) is 11.3 Å². The minimum atomic E-state index is 0.877. The standard InChI is InChI=1S/C38H21N3S/c1-2-10-27-24(8-1)28-11-7-12-29-25-18-16-23(22-17-19-35-30(20-22)26-9-3-6-15-34(26)42-35)21-33(25)41(37(28)29)38-36(27)39-31-13-4-5-14-32(31)40-38/h1-21H. The Hall–Kier alpha value is -5.32. The van der Waals surface area contributed by atoms with Crippen molar-refractivity contribution < 1.29 is 0 Å². The molecular weight excluding hydrogens is 531 g/mol. The molecule has 0 aliphatic carbocycles. The second kappa shape index (κ2) is 8.12. The van der Waals surface area contributed by atoms with Gasteiger partial charge in [-0.1, -0.05) is 91.0 Å². The van der Waals surface area contributed by atoms with Crippen molar-refractivity contribution in [1.29, 1.82) is 0 Å². The zero-order chi connectivity index (χ0) is 27.4. The molecule has 4 heterocycles. The smallest absolute Gasteiger partial charge is 0.165 e. The van der Waals surface area contributed by atoms with Crippen molar-refractivity contribution in [2.45, 2.75) is 0 Å². The van der Waals surface area contributed by atoms with Crippen LogP contribution in [0.1, 0.15) is 0 Å². The van der Waals surface area contributed by atoms with Gasteiger partial charge in [-0.25, -0.2) is 9.97 Å². The van der Waals surface area contributed by atoms with E-state index in [1.807, 2.05) is 23.5 Å². The Morgan fingerprint density at radius 1 is 0.476 bits per heavy atom. The maximum atomic E-state index is 5.29. The Bertz CT molecular complexity index is 2590. The Balaban J connectivity index is 1.32. The molecule has 3 nitrogen and oxygen atoms in total. The fourth-order valence-corrected chi connectivity index (χ4v) is 7.93. The van der Waals surface area contributed by atoms with E-state index in [1.165, 1.54) is 58.7 Å².